The molecule has 0 amide bonds. The molecule has 2 rings (SSSR count). The van der Waals surface area contributed by atoms with Gasteiger partial charge < -0.3 is 4.84 Å². The molecule has 0 radical (unpaired) electrons. The SMILES string of the molecule is Cc1ccc(C(C#N)=NOc2ccccc2)cc1. The zero-order valence-electron chi connectivity index (χ0n) is 10.00. The van der Waals surface area contributed by atoms with Gasteiger partial charge in [-0.25, -0.2) is 0 Å². The molecule has 0 aromatic heterocycles. The molecule has 3 nitrogen and oxygen atoms in total. The summed E-state index contributed by atoms with van der Waals surface area (Å²) in [6.07, 6.45) is 0. The van der Waals surface area contributed by atoms with E-state index in [-0.39, 0.29) is 5.71 Å². The average Bonchev–Trinajstić information content (AvgIpc) is 2.42. The number of benzene rings is 2. The van der Waals surface area contributed by atoms with Gasteiger partial charge in [0.2, 0.25) is 0 Å². The van der Waals surface area contributed by atoms with Crippen molar-refractivity contribution in [3.8, 4) is 11.8 Å². The third-order valence-electron chi connectivity index (χ3n) is 2.42. The first-order valence-electron chi connectivity index (χ1n) is 5.57. The van der Waals surface area contributed by atoms with Crippen molar-refractivity contribution >= 4 is 5.71 Å². The van der Waals surface area contributed by atoms with Crippen LogP contribution in [-0.4, -0.2) is 5.71 Å². The van der Waals surface area contributed by atoms with Gasteiger partial charge in [0.15, 0.2) is 11.5 Å². The van der Waals surface area contributed by atoms with Gasteiger partial charge in [0.25, 0.3) is 0 Å². The standard InChI is InChI=1S/C15H12N2O/c1-12-7-9-13(10-8-12)15(11-16)17-18-14-5-3-2-4-6-14/h2-10H,1H3. The molecule has 18 heavy (non-hydrogen) atoms. The number of nitriles is 1. The van der Waals surface area contributed by atoms with Crippen LogP contribution in [0.15, 0.2) is 59.8 Å². The fourth-order valence-electron chi connectivity index (χ4n) is 1.43. The lowest BCUT2D eigenvalue weighted by Gasteiger charge is -2.00. The molecule has 2 aromatic rings. The maximum absolute atomic E-state index is 9.07. The van der Waals surface area contributed by atoms with Crippen LogP contribution in [0.1, 0.15) is 11.1 Å². The predicted octanol–water partition coefficient (Wildman–Crippen LogP) is 3.30. The summed E-state index contributed by atoms with van der Waals surface area (Å²) < 4.78 is 0. The average molecular weight is 236 g/mol. The Morgan fingerprint density at radius 3 is 2.33 bits per heavy atom. The largest absolute Gasteiger partial charge is 0.356 e. The summed E-state index contributed by atoms with van der Waals surface area (Å²) in [6, 6.07) is 18.8. The highest BCUT2D eigenvalue weighted by atomic mass is 16.6. The van der Waals surface area contributed by atoms with Crippen molar-refractivity contribution < 1.29 is 4.84 Å². The molecule has 0 spiro atoms. The molecular formula is C15H12N2O. The molecule has 0 N–H and O–H groups in total. The molecule has 0 bridgehead atoms. The number of oxime groups is 1. The lowest BCUT2D eigenvalue weighted by atomic mass is 10.1. The molecule has 2 aromatic carbocycles. The van der Waals surface area contributed by atoms with E-state index >= 15 is 0 Å². The predicted molar refractivity (Wildman–Crippen MR) is 70.4 cm³/mol. The van der Waals surface area contributed by atoms with E-state index < -0.39 is 0 Å². The molecule has 0 fully saturated rings. The van der Waals surface area contributed by atoms with Crippen molar-refractivity contribution in [2.24, 2.45) is 5.16 Å². The number of aryl methyl sites for hydroxylation is 1. The highest BCUT2D eigenvalue weighted by Gasteiger charge is 2.03. The second kappa shape index (κ2) is 5.65. The number of rotatable bonds is 3. The summed E-state index contributed by atoms with van der Waals surface area (Å²) >= 11 is 0. The van der Waals surface area contributed by atoms with E-state index in [9.17, 15) is 0 Å². The second-order valence-electron chi connectivity index (χ2n) is 3.82. The Labute approximate surface area is 106 Å². The summed E-state index contributed by atoms with van der Waals surface area (Å²) in [5.41, 5.74) is 2.15. The summed E-state index contributed by atoms with van der Waals surface area (Å²) in [7, 11) is 0. The van der Waals surface area contributed by atoms with Crippen LogP contribution >= 0.6 is 0 Å². The molecule has 0 unspecified atom stereocenters. The van der Waals surface area contributed by atoms with Crippen LogP contribution in [-0.2, 0) is 0 Å². The maximum atomic E-state index is 9.07. The Morgan fingerprint density at radius 1 is 1.06 bits per heavy atom. The normalized spacial score (nSPS) is 10.8. The molecule has 0 aliphatic heterocycles. The van der Waals surface area contributed by atoms with Gasteiger partial charge in [-0.2, -0.15) is 5.26 Å². The second-order valence-corrected chi connectivity index (χ2v) is 3.82. The smallest absolute Gasteiger partial charge is 0.187 e. The van der Waals surface area contributed by atoms with Crippen molar-refractivity contribution in [2.45, 2.75) is 6.92 Å². The quantitative estimate of drug-likeness (QED) is 0.606. The van der Waals surface area contributed by atoms with Crippen LogP contribution < -0.4 is 4.84 Å². The minimum absolute atomic E-state index is 0.263. The van der Waals surface area contributed by atoms with Gasteiger partial charge in [-0.3, -0.25) is 0 Å². The van der Waals surface area contributed by atoms with E-state index in [2.05, 4.69) is 5.16 Å². The fourth-order valence-corrected chi connectivity index (χ4v) is 1.43. The first-order chi connectivity index (χ1) is 8.79. The molecule has 0 heterocycles. The molecular weight excluding hydrogens is 224 g/mol. The van der Waals surface area contributed by atoms with E-state index in [4.69, 9.17) is 10.1 Å². The topological polar surface area (TPSA) is 45.4 Å². The lowest BCUT2D eigenvalue weighted by Crippen LogP contribution is -2.00. The van der Waals surface area contributed by atoms with Crippen LogP contribution in [0, 0.1) is 18.3 Å². The number of para-hydroxylation sites is 1. The zero-order valence-corrected chi connectivity index (χ0v) is 10.00. The van der Waals surface area contributed by atoms with Gasteiger partial charge in [0.05, 0.1) is 0 Å². The third kappa shape index (κ3) is 2.96. The Balaban J connectivity index is 2.19. The van der Waals surface area contributed by atoms with Crippen LogP contribution in [0.25, 0.3) is 0 Å². The zero-order chi connectivity index (χ0) is 12.8. The van der Waals surface area contributed by atoms with Gasteiger partial charge in [0, 0.05) is 5.56 Å². The van der Waals surface area contributed by atoms with E-state index in [1.165, 1.54) is 0 Å². The first kappa shape index (κ1) is 11.9. The Morgan fingerprint density at radius 2 is 1.72 bits per heavy atom. The summed E-state index contributed by atoms with van der Waals surface area (Å²) in [5, 5.41) is 12.9. The number of hydrogen-bond acceptors (Lipinski definition) is 3. The summed E-state index contributed by atoms with van der Waals surface area (Å²) in [6.45, 7) is 1.99. The van der Waals surface area contributed by atoms with E-state index in [1.807, 2.05) is 55.5 Å². The van der Waals surface area contributed by atoms with Crippen molar-refractivity contribution in [2.75, 3.05) is 0 Å². The Kier molecular flexibility index (Phi) is 3.72. The number of nitrogens with zero attached hydrogens (tertiary/aromatic N) is 2. The van der Waals surface area contributed by atoms with Crippen molar-refractivity contribution in [1.82, 2.24) is 0 Å². The van der Waals surface area contributed by atoms with Crippen molar-refractivity contribution in [3.05, 3.63) is 65.7 Å². The third-order valence-corrected chi connectivity index (χ3v) is 2.42. The van der Waals surface area contributed by atoms with Crippen LogP contribution in [0.3, 0.4) is 0 Å². The molecule has 0 saturated heterocycles. The van der Waals surface area contributed by atoms with Crippen LogP contribution in [0.5, 0.6) is 5.75 Å². The van der Waals surface area contributed by atoms with Crippen molar-refractivity contribution in [1.29, 1.82) is 5.26 Å². The maximum Gasteiger partial charge on any atom is 0.187 e. The minimum atomic E-state index is 0.263. The molecule has 0 aliphatic carbocycles. The molecule has 3 heteroatoms. The van der Waals surface area contributed by atoms with Gasteiger partial charge in [-0.1, -0.05) is 53.2 Å². The van der Waals surface area contributed by atoms with Crippen LogP contribution in [0.2, 0.25) is 0 Å². The molecule has 0 aliphatic rings. The van der Waals surface area contributed by atoms with Crippen molar-refractivity contribution in [3.63, 3.8) is 0 Å². The summed E-state index contributed by atoms with van der Waals surface area (Å²) in [4.78, 5) is 5.21. The van der Waals surface area contributed by atoms with E-state index in [1.54, 1.807) is 12.1 Å². The highest BCUT2D eigenvalue weighted by Crippen LogP contribution is 2.10. The molecule has 0 atom stereocenters. The number of hydrogen-bond donors (Lipinski definition) is 0. The van der Waals surface area contributed by atoms with E-state index in [0.717, 1.165) is 11.1 Å². The summed E-state index contributed by atoms with van der Waals surface area (Å²) in [5.74, 6) is 0.609. The Bertz CT molecular complexity index is 580. The Hall–Kier alpha value is -2.60. The van der Waals surface area contributed by atoms with Gasteiger partial charge >= 0.3 is 0 Å². The van der Waals surface area contributed by atoms with Gasteiger partial charge in [0.1, 0.15) is 6.07 Å². The molecule has 0 saturated carbocycles. The van der Waals surface area contributed by atoms with Gasteiger partial charge in [-0.15, -0.1) is 0 Å². The van der Waals surface area contributed by atoms with Gasteiger partial charge in [-0.05, 0) is 19.1 Å². The molecule has 88 valence electrons. The highest BCUT2D eigenvalue weighted by molar-refractivity contribution is 6.11. The lowest BCUT2D eigenvalue weighted by molar-refractivity contribution is 0.342. The first-order valence-corrected chi connectivity index (χ1v) is 5.57. The fraction of sp³-hybridized carbons (Fsp3) is 0.0667. The minimum Gasteiger partial charge on any atom is -0.356 e. The monoisotopic (exact) mass is 236 g/mol. The van der Waals surface area contributed by atoms with E-state index in [0.29, 0.717) is 5.75 Å². The van der Waals surface area contributed by atoms with Crippen LogP contribution in [0.4, 0.5) is 0 Å².